The molecule has 5 nitrogen and oxygen atoms in total. The highest BCUT2D eigenvalue weighted by Crippen LogP contribution is 2.15. The minimum atomic E-state index is -0.161. The number of nitrogens with zero attached hydrogens (tertiary/aromatic N) is 2. The number of hydrogen-bond donors (Lipinski definition) is 1. The second-order valence-corrected chi connectivity index (χ2v) is 4.03. The molecule has 0 fully saturated rings. The summed E-state index contributed by atoms with van der Waals surface area (Å²) in [6.45, 7) is 0.478. The lowest BCUT2D eigenvalue weighted by atomic mass is 10.2. The molecule has 6 heteroatoms. The van der Waals surface area contributed by atoms with Gasteiger partial charge in [-0.05, 0) is 12.1 Å². The van der Waals surface area contributed by atoms with E-state index in [1.807, 2.05) is 0 Å². The Labute approximate surface area is 106 Å². The fourth-order valence-electron chi connectivity index (χ4n) is 1.30. The topological polar surface area (TPSA) is 68.5 Å². The zero-order valence-electron chi connectivity index (χ0n) is 9.84. The summed E-state index contributed by atoms with van der Waals surface area (Å²) in [6.07, 6.45) is 2.07. The van der Waals surface area contributed by atoms with Crippen molar-refractivity contribution in [2.24, 2.45) is 5.73 Å². The molecule has 92 valence electrons. The molecule has 0 atom stereocenters. The Kier molecular flexibility index (Phi) is 4.84. The van der Waals surface area contributed by atoms with Crippen LogP contribution in [0, 0.1) is 0 Å². The van der Waals surface area contributed by atoms with Crippen LogP contribution in [0.1, 0.15) is 16.8 Å². The van der Waals surface area contributed by atoms with Crippen LogP contribution in [0.25, 0.3) is 0 Å². The van der Waals surface area contributed by atoms with E-state index in [1.54, 1.807) is 30.3 Å². The lowest BCUT2D eigenvalue weighted by molar-refractivity contribution is 0.0795. The van der Waals surface area contributed by atoms with Gasteiger partial charge in [-0.2, -0.15) is 0 Å². The molecule has 1 heterocycles. The maximum atomic E-state index is 12.1. The Morgan fingerprint density at radius 3 is 2.94 bits per heavy atom. The number of pyridine rings is 1. The molecule has 0 unspecified atom stereocenters. The quantitative estimate of drug-likeness (QED) is 0.787. The zero-order chi connectivity index (χ0) is 12.8. The molecule has 0 aliphatic carbocycles. The van der Waals surface area contributed by atoms with E-state index >= 15 is 0 Å². The second kappa shape index (κ2) is 6.15. The van der Waals surface area contributed by atoms with E-state index in [1.165, 1.54) is 7.11 Å². The van der Waals surface area contributed by atoms with E-state index in [0.29, 0.717) is 29.4 Å². The maximum Gasteiger partial charge on any atom is 0.259 e. The lowest BCUT2D eigenvalue weighted by Crippen LogP contribution is -2.30. The van der Waals surface area contributed by atoms with Gasteiger partial charge in [0.15, 0.2) is 0 Å². The van der Waals surface area contributed by atoms with Crippen molar-refractivity contribution in [3.8, 4) is 5.88 Å². The number of nitrogens with two attached hydrogens (primary N) is 1. The van der Waals surface area contributed by atoms with Crippen molar-refractivity contribution in [2.75, 3.05) is 20.7 Å². The molecule has 0 spiro atoms. The van der Waals surface area contributed by atoms with Gasteiger partial charge in [-0.1, -0.05) is 12.2 Å². The molecular formula is C11H15N3O2S. The largest absolute Gasteiger partial charge is 0.480 e. The zero-order valence-corrected chi connectivity index (χ0v) is 10.7. The average Bonchev–Trinajstić information content (AvgIpc) is 2.34. The average molecular weight is 253 g/mol. The predicted molar refractivity (Wildman–Crippen MR) is 69.2 cm³/mol. The lowest BCUT2D eigenvalue weighted by Gasteiger charge is -2.17. The first-order chi connectivity index (χ1) is 8.06. The van der Waals surface area contributed by atoms with Crippen LogP contribution in [0.4, 0.5) is 0 Å². The summed E-state index contributed by atoms with van der Waals surface area (Å²) in [5.41, 5.74) is 5.82. The minimum Gasteiger partial charge on any atom is -0.480 e. The number of hydrogen-bond acceptors (Lipinski definition) is 4. The predicted octanol–water partition coefficient (Wildman–Crippen LogP) is 0.838. The monoisotopic (exact) mass is 253 g/mol. The van der Waals surface area contributed by atoms with Crippen LogP contribution in [0.3, 0.4) is 0 Å². The number of methoxy groups -OCH3 is 1. The number of amides is 1. The van der Waals surface area contributed by atoms with Crippen LogP contribution in [-0.4, -0.2) is 41.5 Å². The first-order valence-corrected chi connectivity index (χ1v) is 5.50. The summed E-state index contributed by atoms with van der Waals surface area (Å²) in [5, 5.41) is 0. The summed E-state index contributed by atoms with van der Waals surface area (Å²) >= 11 is 4.77. The van der Waals surface area contributed by atoms with Crippen LogP contribution in [0.5, 0.6) is 5.88 Å². The molecule has 2 N–H and O–H groups in total. The van der Waals surface area contributed by atoms with Crippen molar-refractivity contribution < 1.29 is 9.53 Å². The maximum absolute atomic E-state index is 12.1. The van der Waals surface area contributed by atoms with Gasteiger partial charge in [-0.15, -0.1) is 0 Å². The van der Waals surface area contributed by atoms with Crippen molar-refractivity contribution >= 4 is 23.1 Å². The van der Waals surface area contributed by atoms with E-state index in [-0.39, 0.29) is 5.91 Å². The molecule has 0 aromatic carbocycles. The van der Waals surface area contributed by atoms with Crippen LogP contribution in [-0.2, 0) is 0 Å². The molecule has 0 radical (unpaired) electrons. The van der Waals surface area contributed by atoms with Gasteiger partial charge in [0.05, 0.1) is 12.1 Å². The molecule has 1 rings (SSSR count). The smallest absolute Gasteiger partial charge is 0.259 e. The van der Waals surface area contributed by atoms with E-state index in [4.69, 9.17) is 22.7 Å². The third-order valence-electron chi connectivity index (χ3n) is 2.24. The van der Waals surface area contributed by atoms with E-state index < -0.39 is 0 Å². The SMILES string of the molecule is COc1ncccc1C(=O)N(C)CCC(N)=S. The van der Waals surface area contributed by atoms with E-state index in [0.717, 1.165) is 0 Å². The van der Waals surface area contributed by atoms with Gasteiger partial charge in [-0.25, -0.2) is 4.98 Å². The molecule has 0 saturated heterocycles. The Morgan fingerprint density at radius 1 is 1.65 bits per heavy atom. The number of ether oxygens (including phenoxy) is 1. The Bertz CT molecular complexity index is 423. The normalized spacial score (nSPS) is 9.76. The van der Waals surface area contributed by atoms with Crippen LogP contribution < -0.4 is 10.5 Å². The van der Waals surface area contributed by atoms with Crippen LogP contribution in [0.15, 0.2) is 18.3 Å². The van der Waals surface area contributed by atoms with Gasteiger partial charge in [0.2, 0.25) is 5.88 Å². The second-order valence-electron chi connectivity index (χ2n) is 3.50. The third-order valence-corrected chi connectivity index (χ3v) is 2.44. The molecule has 1 aromatic heterocycles. The van der Waals surface area contributed by atoms with Gasteiger partial charge < -0.3 is 15.4 Å². The third kappa shape index (κ3) is 3.67. The summed E-state index contributed by atoms with van der Waals surface area (Å²) in [4.78, 5) is 18.0. The first-order valence-electron chi connectivity index (χ1n) is 5.09. The molecule has 0 aliphatic heterocycles. The first kappa shape index (κ1) is 13.4. The molecule has 17 heavy (non-hydrogen) atoms. The van der Waals surface area contributed by atoms with Gasteiger partial charge in [-0.3, -0.25) is 4.79 Å². The summed E-state index contributed by atoms with van der Waals surface area (Å²) < 4.78 is 5.03. The van der Waals surface area contributed by atoms with Crippen LogP contribution >= 0.6 is 12.2 Å². The van der Waals surface area contributed by atoms with Crippen molar-refractivity contribution in [3.05, 3.63) is 23.9 Å². The summed E-state index contributed by atoms with van der Waals surface area (Å²) in [6, 6.07) is 3.36. The minimum absolute atomic E-state index is 0.161. The number of thiocarbonyl (C=S) groups is 1. The van der Waals surface area contributed by atoms with Crippen molar-refractivity contribution in [1.29, 1.82) is 0 Å². The summed E-state index contributed by atoms with van der Waals surface area (Å²) in [7, 11) is 3.17. The van der Waals surface area contributed by atoms with Gasteiger partial charge in [0, 0.05) is 26.2 Å². The highest BCUT2D eigenvalue weighted by molar-refractivity contribution is 7.80. The number of carbonyl (C=O) groups is 1. The number of rotatable bonds is 5. The van der Waals surface area contributed by atoms with Gasteiger partial charge >= 0.3 is 0 Å². The van der Waals surface area contributed by atoms with E-state index in [2.05, 4.69) is 4.98 Å². The molecule has 1 aromatic rings. The summed E-state index contributed by atoms with van der Waals surface area (Å²) in [5.74, 6) is 0.158. The van der Waals surface area contributed by atoms with Crippen molar-refractivity contribution in [1.82, 2.24) is 9.88 Å². The highest BCUT2D eigenvalue weighted by atomic mass is 32.1. The van der Waals surface area contributed by atoms with Gasteiger partial charge in [0.1, 0.15) is 5.56 Å². The molecule has 0 bridgehead atoms. The van der Waals surface area contributed by atoms with Gasteiger partial charge in [0.25, 0.3) is 5.91 Å². The fourth-order valence-corrected chi connectivity index (χ4v) is 1.39. The highest BCUT2D eigenvalue weighted by Gasteiger charge is 2.16. The number of aromatic nitrogens is 1. The fraction of sp³-hybridized carbons (Fsp3) is 0.364. The Balaban J connectivity index is 2.77. The van der Waals surface area contributed by atoms with E-state index in [9.17, 15) is 4.79 Å². The number of carbonyl (C=O) groups excluding carboxylic acids is 1. The van der Waals surface area contributed by atoms with Crippen LogP contribution in [0.2, 0.25) is 0 Å². The molecule has 1 amide bonds. The molecule has 0 saturated carbocycles. The standard InChI is InChI=1S/C11H15N3O2S/c1-14(7-5-9(12)17)11(15)8-4-3-6-13-10(8)16-2/h3-4,6H,5,7H2,1-2H3,(H2,12,17). The van der Waals surface area contributed by atoms with Crippen molar-refractivity contribution in [2.45, 2.75) is 6.42 Å². The molecule has 0 aliphatic rings. The Morgan fingerprint density at radius 2 is 2.35 bits per heavy atom. The van der Waals surface area contributed by atoms with Crippen molar-refractivity contribution in [3.63, 3.8) is 0 Å². The molecular weight excluding hydrogens is 238 g/mol. The Hall–Kier alpha value is -1.69.